The van der Waals surface area contributed by atoms with Gasteiger partial charge in [0.25, 0.3) is 0 Å². The fourth-order valence-corrected chi connectivity index (χ4v) is 5.63. The van der Waals surface area contributed by atoms with Gasteiger partial charge in [-0.05, 0) is 17.7 Å². The third-order valence-electron chi connectivity index (χ3n) is 4.92. The van der Waals surface area contributed by atoms with Gasteiger partial charge in [-0.3, -0.25) is 4.79 Å². The normalized spacial score (nSPS) is 24.2. The van der Waals surface area contributed by atoms with E-state index in [1.165, 1.54) is 17.0 Å². The number of rotatable bonds is 2. The Labute approximate surface area is 152 Å². The van der Waals surface area contributed by atoms with Crippen molar-refractivity contribution in [3.8, 4) is 5.75 Å². The predicted octanol–water partition coefficient (Wildman–Crippen LogP) is -0.0739. The van der Waals surface area contributed by atoms with Crippen LogP contribution < -0.4 is 0 Å². The summed E-state index contributed by atoms with van der Waals surface area (Å²) in [7, 11) is -0.0490. The number of phenolic OH excluding ortho intramolecular Hbond substituents is 1. The summed E-state index contributed by atoms with van der Waals surface area (Å²) in [6.45, 7) is 0.627. The summed E-state index contributed by atoms with van der Waals surface area (Å²) in [6.07, 6.45) is 0.130. The van der Waals surface area contributed by atoms with Crippen molar-refractivity contribution < 1.29 is 23.1 Å². The van der Waals surface area contributed by atoms with E-state index in [1.807, 2.05) is 0 Å². The van der Waals surface area contributed by atoms with Gasteiger partial charge < -0.3 is 19.8 Å². The summed E-state index contributed by atoms with van der Waals surface area (Å²) in [4.78, 5) is 29.7. The van der Waals surface area contributed by atoms with Gasteiger partial charge >= 0.3 is 6.03 Å². The molecule has 0 radical (unpaired) electrons. The second-order valence-electron chi connectivity index (χ2n) is 7.01. The molecule has 1 aromatic rings. The van der Waals surface area contributed by atoms with Crippen LogP contribution in [0.3, 0.4) is 0 Å². The Morgan fingerprint density at radius 1 is 1.08 bits per heavy atom. The van der Waals surface area contributed by atoms with Crippen molar-refractivity contribution >= 4 is 21.8 Å². The number of fused-ring (bicyclic) bond motifs is 1. The summed E-state index contributed by atoms with van der Waals surface area (Å²) < 4.78 is 24.4. The monoisotopic (exact) mass is 381 g/mol. The number of urea groups is 1. The minimum atomic E-state index is -3.31. The van der Waals surface area contributed by atoms with Gasteiger partial charge in [0.1, 0.15) is 5.75 Å². The largest absolute Gasteiger partial charge is 0.508 e. The molecule has 2 aliphatic rings. The molecule has 3 rings (SSSR count). The number of piperazine rings is 1. The Balaban J connectivity index is 1.80. The maximum atomic E-state index is 12.8. The van der Waals surface area contributed by atoms with E-state index in [0.717, 1.165) is 5.56 Å². The zero-order chi connectivity index (χ0) is 19.1. The van der Waals surface area contributed by atoms with Crippen molar-refractivity contribution in [2.24, 2.45) is 0 Å². The van der Waals surface area contributed by atoms with E-state index in [1.54, 1.807) is 36.0 Å². The zero-order valence-electron chi connectivity index (χ0n) is 14.8. The number of amides is 3. The fraction of sp³-hybridized carbons (Fsp3) is 0.529. The Morgan fingerprint density at radius 2 is 1.62 bits per heavy atom. The number of nitrogens with zero attached hydrogens (tertiary/aromatic N) is 3. The summed E-state index contributed by atoms with van der Waals surface area (Å²) >= 11 is 0. The first-order valence-electron chi connectivity index (χ1n) is 8.43. The summed E-state index contributed by atoms with van der Waals surface area (Å²) in [5, 5.41) is 9.34. The van der Waals surface area contributed by atoms with E-state index >= 15 is 0 Å². The molecule has 26 heavy (non-hydrogen) atoms. The minimum absolute atomic E-state index is 0.111. The van der Waals surface area contributed by atoms with Gasteiger partial charge in [-0.25, -0.2) is 13.2 Å². The smallest absolute Gasteiger partial charge is 0.319 e. The van der Waals surface area contributed by atoms with Gasteiger partial charge in [0.05, 0.1) is 30.0 Å². The van der Waals surface area contributed by atoms with E-state index in [9.17, 15) is 23.1 Å². The lowest BCUT2D eigenvalue weighted by molar-refractivity contribution is -0.135. The van der Waals surface area contributed by atoms with Crippen LogP contribution >= 0.6 is 0 Å². The number of carbonyl (C=O) groups is 2. The predicted molar refractivity (Wildman–Crippen MR) is 95.5 cm³/mol. The molecular formula is C17H23N3O5S. The third-order valence-corrected chi connectivity index (χ3v) is 6.62. The molecule has 2 fully saturated rings. The number of hydrogen-bond donors (Lipinski definition) is 1. The van der Waals surface area contributed by atoms with E-state index in [0.29, 0.717) is 13.1 Å². The lowest BCUT2D eigenvalue weighted by Crippen LogP contribution is -2.63. The van der Waals surface area contributed by atoms with E-state index in [2.05, 4.69) is 0 Å². The van der Waals surface area contributed by atoms with Crippen LogP contribution in [-0.2, 0) is 21.1 Å². The number of hydrogen-bond acceptors (Lipinski definition) is 5. The van der Waals surface area contributed by atoms with Crippen molar-refractivity contribution in [1.82, 2.24) is 14.7 Å². The molecule has 1 aromatic carbocycles. The number of aromatic hydroxyl groups is 1. The van der Waals surface area contributed by atoms with Crippen molar-refractivity contribution in [2.45, 2.75) is 18.5 Å². The maximum Gasteiger partial charge on any atom is 0.319 e. The first-order valence-corrected chi connectivity index (χ1v) is 10.3. The number of benzene rings is 1. The molecule has 1 N–H and O–H groups in total. The standard InChI is InChI=1S/C17H23N3O5S/c1-18(2)17(23)20-8-7-19(14-10-26(24,25)11-15(14)20)16(22)9-12-3-5-13(21)6-4-12/h3-6,14-15,21H,7-11H2,1-2H3/t14-,15+/m0/s1. The Morgan fingerprint density at radius 3 is 2.19 bits per heavy atom. The molecule has 0 saturated carbocycles. The van der Waals surface area contributed by atoms with Crippen LogP contribution in [0.25, 0.3) is 0 Å². The average molecular weight is 381 g/mol. The highest BCUT2D eigenvalue weighted by Crippen LogP contribution is 2.28. The SMILES string of the molecule is CN(C)C(=O)N1CCN(C(=O)Cc2ccc(O)cc2)[C@H]2CS(=O)(=O)C[C@H]21. The van der Waals surface area contributed by atoms with E-state index in [4.69, 9.17) is 0 Å². The third kappa shape index (κ3) is 3.62. The molecule has 2 heterocycles. The molecule has 2 saturated heterocycles. The Bertz CT molecular complexity index is 806. The van der Waals surface area contributed by atoms with Crippen molar-refractivity contribution in [2.75, 3.05) is 38.7 Å². The number of phenols is 1. The second kappa shape index (κ2) is 6.79. The molecule has 142 valence electrons. The molecule has 0 spiro atoms. The van der Waals surface area contributed by atoms with Crippen LogP contribution in [0.4, 0.5) is 4.79 Å². The van der Waals surface area contributed by atoms with Crippen LogP contribution in [0.15, 0.2) is 24.3 Å². The summed E-state index contributed by atoms with van der Waals surface area (Å²) in [6, 6.07) is 5.11. The highest BCUT2D eigenvalue weighted by molar-refractivity contribution is 7.91. The molecule has 0 aliphatic carbocycles. The fourth-order valence-electron chi connectivity index (χ4n) is 3.65. The molecule has 0 unspecified atom stereocenters. The van der Waals surface area contributed by atoms with Gasteiger partial charge in [-0.2, -0.15) is 0 Å². The molecule has 8 nitrogen and oxygen atoms in total. The molecule has 2 atom stereocenters. The van der Waals surface area contributed by atoms with Gasteiger partial charge in [-0.15, -0.1) is 0 Å². The lowest BCUT2D eigenvalue weighted by atomic mass is 10.0. The van der Waals surface area contributed by atoms with Gasteiger partial charge in [0, 0.05) is 27.2 Å². The number of carbonyl (C=O) groups excluding carboxylic acids is 2. The first-order chi connectivity index (χ1) is 12.2. The van der Waals surface area contributed by atoms with Crippen molar-refractivity contribution in [3.05, 3.63) is 29.8 Å². The zero-order valence-corrected chi connectivity index (χ0v) is 15.6. The average Bonchev–Trinajstić information content (AvgIpc) is 2.89. The van der Waals surface area contributed by atoms with Crippen LogP contribution in [0.1, 0.15) is 5.56 Å². The highest BCUT2D eigenvalue weighted by atomic mass is 32.2. The highest BCUT2D eigenvalue weighted by Gasteiger charge is 2.49. The second-order valence-corrected chi connectivity index (χ2v) is 9.17. The van der Waals surface area contributed by atoms with Crippen LogP contribution in [0, 0.1) is 0 Å². The van der Waals surface area contributed by atoms with Crippen LogP contribution in [0.2, 0.25) is 0 Å². The molecule has 9 heteroatoms. The van der Waals surface area contributed by atoms with Gasteiger partial charge in [0.15, 0.2) is 9.84 Å². The topological polar surface area (TPSA) is 98.2 Å². The minimum Gasteiger partial charge on any atom is -0.508 e. The first kappa shape index (κ1) is 18.5. The molecule has 2 aliphatic heterocycles. The number of sulfone groups is 1. The molecule has 0 bridgehead atoms. The van der Waals surface area contributed by atoms with Gasteiger partial charge in [-0.1, -0.05) is 12.1 Å². The maximum absolute atomic E-state index is 12.8. The quantitative estimate of drug-likeness (QED) is 0.773. The van der Waals surface area contributed by atoms with Crippen LogP contribution in [0.5, 0.6) is 5.75 Å². The van der Waals surface area contributed by atoms with Gasteiger partial charge in [0.2, 0.25) is 5.91 Å². The molecule has 3 amide bonds. The van der Waals surface area contributed by atoms with E-state index in [-0.39, 0.29) is 35.6 Å². The van der Waals surface area contributed by atoms with Crippen LogP contribution in [-0.4, -0.2) is 90.9 Å². The van der Waals surface area contributed by atoms with Crippen molar-refractivity contribution in [3.63, 3.8) is 0 Å². The molecular weight excluding hydrogens is 358 g/mol. The lowest BCUT2D eigenvalue weighted by Gasteiger charge is -2.44. The summed E-state index contributed by atoms with van der Waals surface area (Å²) in [5.74, 6) is -0.269. The Hall–Kier alpha value is -2.29. The summed E-state index contributed by atoms with van der Waals surface area (Å²) in [5.41, 5.74) is 0.747. The van der Waals surface area contributed by atoms with E-state index < -0.39 is 21.9 Å². The molecule has 0 aromatic heterocycles. The Kier molecular flexibility index (Phi) is 4.83. The van der Waals surface area contributed by atoms with Crippen molar-refractivity contribution in [1.29, 1.82) is 0 Å².